The van der Waals surface area contributed by atoms with E-state index < -0.39 is 0 Å². The second kappa shape index (κ2) is 3.98. The van der Waals surface area contributed by atoms with Crippen molar-refractivity contribution in [3.05, 3.63) is 58.8 Å². The molecule has 2 aromatic rings. The summed E-state index contributed by atoms with van der Waals surface area (Å²) in [6, 6.07) is 8.41. The van der Waals surface area contributed by atoms with E-state index in [1.165, 1.54) is 12.1 Å². The Balaban J connectivity index is 1.84. The SMILES string of the molecule is Cc1ccc(CN2Cc3ccc(F)cc3C2=N)o1. The van der Waals surface area contributed by atoms with Gasteiger partial charge in [0.2, 0.25) is 0 Å². The van der Waals surface area contributed by atoms with E-state index in [1.54, 1.807) is 6.07 Å². The van der Waals surface area contributed by atoms with Crippen LogP contribution in [-0.2, 0) is 13.1 Å². The van der Waals surface area contributed by atoms with Crippen molar-refractivity contribution in [3.8, 4) is 0 Å². The lowest BCUT2D eigenvalue weighted by molar-refractivity contribution is 0.360. The maximum atomic E-state index is 13.2. The van der Waals surface area contributed by atoms with Gasteiger partial charge in [0.25, 0.3) is 0 Å². The third-order valence-corrected chi connectivity index (χ3v) is 3.15. The van der Waals surface area contributed by atoms with Crippen molar-refractivity contribution in [2.45, 2.75) is 20.0 Å². The highest BCUT2D eigenvalue weighted by molar-refractivity contribution is 6.00. The Kier molecular flexibility index (Phi) is 2.44. The largest absolute Gasteiger partial charge is 0.464 e. The monoisotopic (exact) mass is 244 g/mol. The van der Waals surface area contributed by atoms with Crippen LogP contribution in [0.3, 0.4) is 0 Å². The van der Waals surface area contributed by atoms with Gasteiger partial charge < -0.3 is 9.32 Å². The van der Waals surface area contributed by atoms with Crippen LogP contribution in [0.2, 0.25) is 0 Å². The van der Waals surface area contributed by atoms with Gasteiger partial charge >= 0.3 is 0 Å². The molecule has 0 amide bonds. The number of nitrogens with zero attached hydrogens (tertiary/aromatic N) is 1. The molecule has 1 aliphatic heterocycles. The molecule has 1 N–H and O–H groups in total. The van der Waals surface area contributed by atoms with Crippen molar-refractivity contribution >= 4 is 5.84 Å². The van der Waals surface area contributed by atoms with Gasteiger partial charge in [0.05, 0.1) is 6.54 Å². The molecule has 92 valence electrons. The first kappa shape index (κ1) is 11.0. The number of fused-ring (bicyclic) bond motifs is 1. The molecule has 1 aliphatic rings. The zero-order chi connectivity index (χ0) is 12.7. The van der Waals surface area contributed by atoms with Crippen LogP contribution >= 0.6 is 0 Å². The molecule has 1 aromatic carbocycles. The first-order chi connectivity index (χ1) is 8.63. The molecule has 0 saturated carbocycles. The van der Waals surface area contributed by atoms with E-state index in [0.29, 0.717) is 24.5 Å². The summed E-state index contributed by atoms with van der Waals surface area (Å²) >= 11 is 0. The van der Waals surface area contributed by atoms with Crippen LogP contribution < -0.4 is 0 Å². The van der Waals surface area contributed by atoms with Crippen LogP contribution in [0.25, 0.3) is 0 Å². The van der Waals surface area contributed by atoms with Gasteiger partial charge in [-0.25, -0.2) is 4.39 Å². The van der Waals surface area contributed by atoms with Crippen molar-refractivity contribution in [1.82, 2.24) is 4.90 Å². The molecule has 0 bridgehead atoms. The molecule has 18 heavy (non-hydrogen) atoms. The van der Waals surface area contributed by atoms with Crippen molar-refractivity contribution < 1.29 is 8.81 Å². The average Bonchev–Trinajstić information content (AvgIpc) is 2.86. The molecule has 0 saturated heterocycles. The minimum absolute atomic E-state index is 0.297. The van der Waals surface area contributed by atoms with Gasteiger partial charge in [-0.05, 0) is 36.8 Å². The van der Waals surface area contributed by atoms with E-state index in [9.17, 15) is 4.39 Å². The third kappa shape index (κ3) is 1.79. The number of amidine groups is 1. The smallest absolute Gasteiger partial charge is 0.129 e. The molecular weight excluding hydrogens is 231 g/mol. The zero-order valence-corrected chi connectivity index (χ0v) is 10.0. The van der Waals surface area contributed by atoms with Crippen LogP contribution in [0.15, 0.2) is 34.7 Å². The lowest BCUT2D eigenvalue weighted by Gasteiger charge is -2.15. The fourth-order valence-corrected chi connectivity index (χ4v) is 2.26. The van der Waals surface area contributed by atoms with Gasteiger partial charge in [-0.15, -0.1) is 0 Å². The Morgan fingerprint density at radius 1 is 1.33 bits per heavy atom. The Morgan fingerprint density at radius 3 is 2.89 bits per heavy atom. The molecule has 0 aliphatic carbocycles. The fraction of sp³-hybridized carbons (Fsp3) is 0.214. The van der Waals surface area contributed by atoms with E-state index in [-0.39, 0.29) is 5.82 Å². The first-order valence-corrected chi connectivity index (χ1v) is 5.81. The number of aryl methyl sites for hydroxylation is 1. The number of halogens is 1. The van der Waals surface area contributed by atoms with E-state index in [0.717, 1.165) is 17.1 Å². The van der Waals surface area contributed by atoms with E-state index in [4.69, 9.17) is 9.83 Å². The molecule has 0 fully saturated rings. The van der Waals surface area contributed by atoms with Crippen LogP contribution in [0.4, 0.5) is 4.39 Å². The van der Waals surface area contributed by atoms with Crippen LogP contribution in [-0.4, -0.2) is 10.7 Å². The topological polar surface area (TPSA) is 40.2 Å². The second-order valence-electron chi connectivity index (χ2n) is 4.52. The summed E-state index contributed by atoms with van der Waals surface area (Å²) in [6.45, 7) is 3.07. The molecule has 0 unspecified atom stereocenters. The molecule has 0 radical (unpaired) electrons. The Hall–Kier alpha value is -2.10. The number of benzene rings is 1. The van der Waals surface area contributed by atoms with Gasteiger partial charge in [-0.1, -0.05) is 6.07 Å². The summed E-state index contributed by atoms with van der Waals surface area (Å²) in [7, 11) is 0. The highest BCUT2D eigenvalue weighted by Gasteiger charge is 2.25. The lowest BCUT2D eigenvalue weighted by atomic mass is 10.1. The predicted octanol–water partition coefficient (Wildman–Crippen LogP) is 3.07. The molecule has 0 atom stereocenters. The van der Waals surface area contributed by atoms with Gasteiger partial charge in [0.15, 0.2) is 0 Å². The summed E-state index contributed by atoms with van der Waals surface area (Å²) in [5.74, 6) is 1.75. The number of rotatable bonds is 2. The predicted molar refractivity (Wildman–Crippen MR) is 65.9 cm³/mol. The van der Waals surface area contributed by atoms with Crippen molar-refractivity contribution in [2.24, 2.45) is 0 Å². The normalized spacial score (nSPS) is 14.1. The third-order valence-electron chi connectivity index (χ3n) is 3.15. The van der Waals surface area contributed by atoms with Crippen LogP contribution in [0.5, 0.6) is 0 Å². The fourth-order valence-electron chi connectivity index (χ4n) is 2.26. The highest BCUT2D eigenvalue weighted by Crippen LogP contribution is 2.25. The molecule has 3 nitrogen and oxygen atoms in total. The lowest BCUT2D eigenvalue weighted by Crippen LogP contribution is -2.22. The van der Waals surface area contributed by atoms with Crippen LogP contribution in [0.1, 0.15) is 22.6 Å². The summed E-state index contributed by atoms with van der Waals surface area (Å²) in [5, 5.41) is 8.06. The van der Waals surface area contributed by atoms with Crippen molar-refractivity contribution in [1.29, 1.82) is 5.41 Å². The number of furan rings is 1. The summed E-state index contributed by atoms with van der Waals surface area (Å²) in [6.07, 6.45) is 0. The highest BCUT2D eigenvalue weighted by atomic mass is 19.1. The van der Waals surface area contributed by atoms with Crippen molar-refractivity contribution in [2.75, 3.05) is 0 Å². The second-order valence-corrected chi connectivity index (χ2v) is 4.52. The maximum absolute atomic E-state index is 13.2. The van der Waals surface area contributed by atoms with E-state index in [2.05, 4.69) is 0 Å². The standard InChI is InChI=1S/C14H13FN2O/c1-9-2-5-12(18-9)8-17-7-10-3-4-11(15)6-13(10)14(17)16/h2-6,16H,7-8H2,1H3. The zero-order valence-electron chi connectivity index (χ0n) is 10.0. The average molecular weight is 244 g/mol. The Morgan fingerprint density at radius 2 is 2.17 bits per heavy atom. The van der Waals surface area contributed by atoms with Gasteiger partial charge in [-0.3, -0.25) is 5.41 Å². The Bertz CT molecular complexity index is 618. The minimum atomic E-state index is -0.297. The van der Waals surface area contributed by atoms with Gasteiger partial charge in [-0.2, -0.15) is 0 Å². The molecule has 3 rings (SSSR count). The molecule has 4 heteroatoms. The quantitative estimate of drug-likeness (QED) is 0.881. The number of nitrogens with one attached hydrogen (secondary N) is 1. The summed E-state index contributed by atoms with van der Waals surface area (Å²) in [5.41, 5.74) is 1.67. The molecule has 0 spiro atoms. The molecule has 2 heterocycles. The number of hydrogen-bond donors (Lipinski definition) is 1. The van der Waals surface area contributed by atoms with Gasteiger partial charge in [0.1, 0.15) is 23.2 Å². The number of hydrogen-bond acceptors (Lipinski definition) is 2. The summed E-state index contributed by atoms with van der Waals surface area (Å²) in [4.78, 5) is 1.88. The van der Waals surface area contributed by atoms with E-state index in [1.807, 2.05) is 24.0 Å². The van der Waals surface area contributed by atoms with E-state index >= 15 is 0 Å². The summed E-state index contributed by atoms with van der Waals surface area (Å²) < 4.78 is 18.7. The maximum Gasteiger partial charge on any atom is 0.129 e. The van der Waals surface area contributed by atoms with Gasteiger partial charge in [0, 0.05) is 12.1 Å². The first-order valence-electron chi connectivity index (χ1n) is 5.81. The minimum Gasteiger partial charge on any atom is -0.464 e. The Labute approximate surface area is 104 Å². The van der Waals surface area contributed by atoms with Crippen LogP contribution in [0, 0.1) is 18.2 Å². The van der Waals surface area contributed by atoms with Crippen molar-refractivity contribution in [3.63, 3.8) is 0 Å². The molecular formula is C14H13FN2O. The molecule has 1 aromatic heterocycles.